The van der Waals surface area contributed by atoms with Gasteiger partial charge in [0.05, 0.1) is 32.2 Å². The number of carbonyl (C=O) groups excluding carboxylic acids is 1. The van der Waals surface area contributed by atoms with Gasteiger partial charge in [-0.15, -0.1) is 0 Å². The molecule has 1 aliphatic rings. The molecule has 8 nitrogen and oxygen atoms in total. The van der Waals surface area contributed by atoms with Crippen molar-refractivity contribution in [3.05, 3.63) is 48.0 Å². The zero-order valence-corrected chi connectivity index (χ0v) is 20.6. The van der Waals surface area contributed by atoms with Crippen LogP contribution in [0.4, 0.5) is 5.69 Å². The van der Waals surface area contributed by atoms with Gasteiger partial charge in [-0.25, -0.2) is 8.42 Å². The Bertz CT molecular complexity index is 1100. The maximum Gasteiger partial charge on any atom is 0.232 e. The highest BCUT2D eigenvalue weighted by atomic mass is 32.2. The first-order valence-corrected chi connectivity index (χ1v) is 12.7. The summed E-state index contributed by atoms with van der Waals surface area (Å²) in [5.41, 5.74) is 0.944. The molecular weight excluding hydrogens is 444 g/mol. The van der Waals surface area contributed by atoms with Gasteiger partial charge in [-0.1, -0.05) is 6.07 Å². The Morgan fingerprint density at radius 3 is 2.52 bits per heavy atom. The normalized spacial score (nSPS) is 16.8. The number of fused-ring (bicyclic) bond motifs is 1. The molecule has 0 saturated heterocycles. The molecule has 2 aromatic rings. The Hall–Kier alpha value is -2.94. The summed E-state index contributed by atoms with van der Waals surface area (Å²) in [5, 5.41) is 3.09. The molecule has 2 aromatic carbocycles. The van der Waals surface area contributed by atoms with Crippen molar-refractivity contribution in [1.29, 1.82) is 0 Å². The summed E-state index contributed by atoms with van der Waals surface area (Å²) in [6.07, 6.45) is 2.32. The van der Waals surface area contributed by atoms with Crippen LogP contribution in [0.15, 0.2) is 42.5 Å². The smallest absolute Gasteiger partial charge is 0.232 e. The summed E-state index contributed by atoms with van der Waals surface area (Å²) >= 11 is 0. The van der Waals surface area contributed by atoms with Crippen molar-refractivity contribution in [2.75, 3.05) is 31.3 Å². The van der Waals surface area contributed by atoms with Crippen molar-refractivity contribution in [2.45, 2.75) is 44.8 Å². The number of hydrogen-bond donors (Lipinski definition) is 1. The first-order valence-electron chi connectivity index (χ1n) is 10.8. The molecule has 0 bridgehead atoms. The lowest BCUT2D eigenvalue weighted by Crippen LogP contribution is -2.41. The monoisotopic (exact) mass is 476 g/mol. The predicted octanol–water partition coefficient (Wildman–Crippen LogP) is 3.67. The van der Waals surface area contributed by atoms with E-state index < -0.39 is 15.6 Å². The van der Waals surface area contributed by atoms with Gasteiger partial charge in [-0.05, 0) is 50.6 Å². The van der Waals surface area contributed by atoms with Gasteiger partial charge in [0.25, 0.3) is 0 Å². The van der Waals surface area contributed by atoms with Crippen molar-refractivity contribution in [2.24, 2.45) is 0 Å². The molecule has 1 atom stereocenters. The topological polar surface area (TPSA) is 94.2 Å². The van der Waals surface area contributed by atoms with Gasteiger partial charge in [0.1, 0.15) is 22.8 Å². The van der Waals surface area contributed by atoms with Crippen molar-refractivity contribution < 1.29 is 27.4 Å². The molecule has 1 amide bonds. The molecule has 3 rings (SSSR count). The quantitative estimate of drug-likeness (QED) is 0.594. The van der Waals surface area contributed by atoms with Crippen molar-refractivity contribution in [3.63, 3.8) is 0 Å². The average molecular weight is 477 g/mol. The lowest BCUT2D eigenvalue weighted by molar-refractivity contribution is -0.122. The third kappa shape index (κ3) is 6.31. The predicted molar refractivity (Wildman–Crippen MR) is 128 cm³/mol. The zero-order valence-electron chi connectivity index (χ0n) is 19.8. The number of amides is 1. The molecule has 0 aliphatic carbocycles. The van der Waals surface area contributed by atoms with Gasteiger partial charge in [0.2, 0.25) is 15.9 Å². The van der Waals surface area contributed by atoms with E-state index in [-0.39, 0.29) is 24.9 Å². The van der Waals surface area contributed by atoms with Gasteiger partial charge in [0, 0.05) is 31.0 Å². The second kappa shape index (κ2) is 9.91. The molecule has 1 N–H and O–H groups in total. The minimum Gasteiger partial charge on any atom is -0.497 e. The SMILES string of the molecule is COc1cccc(N(CCCC(=O)NC2CC(C)(C)Oc3ccc(OC)cc32)S(C)(=O)=O)c1. The molecule has 0 aromatic heterocycles. The van der Waals surface area contributed by atoms with E-state index in [1.807, 2.05) is 32.0 Å². The standard InChI is InChI=1S/C24H32N2O6S/c1-24(2)16-21(20-15-19(31-4)11-12-22(20)32-24)25-23(27)10-7-13-26(33(5,28)29)17-8-6-9-18(14-17)30-3/h6,8-9,11-12,14-15,21H,7,10,13,16H2,1-5H3,(H,25,27). The van der Waals surface area contributed by atoms with Crippen LogP contribution in [0.2, 0.25) is 0 Å². The molecule has 0 fully saturated rings. The molecule has 0 spiro atoms. The number of nitrogens with one attached hydrogen (secondary N) is 1. The Labute approximate surface area is 195 Å². The van der Waals surface area contributed by atoms with E-state index in [1.165, 1.54) is 11.4 Å². The molecule has 0 saturated carbocycles. The number of ether oxygens (including phenoxy) is 3. The zero-order chi connectivity index (χ0) is 24.2. The van der Waals surface area contributed by atoms with Crippen LogP contribution >= 0.6 is 0 Å². The van der Waals surface area contributed by atoms with Crippen LogP contribution in [-0.4, -0.2) is 46.9 Å². The van der Waals surface area contributed by atoms with Gasteiger partial charge in [-0.3, -0.25) is 9.10 Å². The summed E-state index contributed by atoms with van der Waals surface area (Å²) in [6, 6.07) is 12.2. The van der Waals surface area contributed by atoms with E-state index in [9.17, 15) is 13.2 Å². The van der Waals surface area contributed by atoms with Gasteiger partial charge >= 0.3 is 0 Å². The molecule has 9 heteroatoms. The maximum atomic E-state index is 12.8. The summed E-state index contributed by atoms with van der Waals surface area (Å²) in [5.74, 6) is 1.83. The highest BCUT2D eigenvalue weighted by molar-refractivity contribution is 7.92. The number of hydrogen-bond acceptors (Lipinski definition) is 6. The van der Waals surface area contributed by atoms with Crippen molar-refractivity contribution in [3.8, 4) is 17.2 Å². The van der Waals surface area contributed by atoms with Gasteiger partial charge in [-0.2, -0.15) is 0 Å². The van der Waals surface area contributed by atoms with E-state index in [1.54, 1.807) is 31.4 Å². The second-order valence-electron chi connectivity index (χ2n) is 8.73. The number of sulfonamides is 1. The van der Waals surface area contributed by atoms with Crippen LogP contribution in [0.25, 0.3) is 0 Å². The maximum absolute atomic E-state index is 12.8. The number of carbonyl (C=O) groups is 1. The molecule has 180 valence electrons. The van der Waals surface area contributed by atoms with Crippen molar-refractivity contribution >= 4 is 21.6 Å². The number of anilines is 1. The number of benzene rings is 2. The average Bonchev–Trinajstić information content (AvgIpc) is 2.75. The lowest BCUT2D eigenvalue weighted by Gasteiger charge is -2.38. The third-order valence-electron chi connectivity index (χ3n) is 5.52. The fourth-order valence-corrected chi connectivity index (χ4v) is 4.95. The van der Waals surface area contributed by atoms with Crippen LogP contribution in [0.1, 0.15) is 44.7 Å². The van der Waals surface area contributed by atoms with Crippen molar-refractivity contribution in [1.82, 2.24) is 5.32 Å². The fraction of sp³-hybridized carbons (Fsp3) is 0.458. The van der Waals surface area contributed by atoms with E-state index in [2.05, 4.69) is 5.32 Å². The molecule has 1 heterocycles. The summed E-state index contributed by atoms with van der Waals surface area (Å²) in [7, 11) is -0.392. The van der Waals surface area contributed by atoms with Crippen LogP contribution in [0.3, 0.4) is 0 Å². The van der Waals surface area contributed by atoms with Crippen LogP contribution < -0.4 is 23.8 Å². The fourth-order valence-electron chi connectivity index (χ4n) is 3.99. The van der Waals surface area contributed by atoms with Gasteiger partial charge in [0.15, 0.2) is 0 Å². The Kier molecular flexibility index (Phi) is 7.41. The molecular formula is C24H32N2O6S. The highest BCUT2D eigenvalue weighted by Gasteiger charge is 2.34. The Morgan fingerprint density at radius 1 is 1.15 bits per heavy atom. The lowest BCUT2D eigenvalue weighted by atomic mass is 9.89. The van der Waals surface area contributed by atoms with E-state index >= 15 is 0 Å². The Balaban J connectivity index is 1.67. The first-order chi connectivity index (χ1) is 15.5. The summed E-state index contributed by atoms with van der Waals surface area (Å²) in [4.78, 5) is 12.8. The van der Waals surface area contributed by atoms with E-state index in [4.69, 9.17) is 14.2 Å². The highest BCUT2D eigenvalue weighted by Crippen LogP contribution is 2.41. The third-order valence-corrected chi connectivity index (χ3v) is 6.71. The molecule has 0 radical (unpaired) electrons. The van der Waals surface area contributed by atoms with Crippen LogP contribution in [0, 0.1) is 0 Å². The number of methoxy groups -OCH3 is 2. The molecule has 1 unspecified atom stereocenters. The minimum atomic E-state index is -3.52. The van der Waals surface area contributed by atoms with Crippen LogP contribution in [-0.2, 0) is 14.8 Å². The van der Waals surface area contributed by atoms with Gasteiger partial charge < -0.3 is 19.5 Å². The first kappa shape index (κ1) is 24.7. The van der Waals surface area contributed by atoms with Crippen LogP contribution in [0.5, 0.6) is 17.2 Å². The van der Waals surface area contributed by atoms with E-state index in [0.717, 1.165) is 17.6 Å². The Morgan fingerprint density at radius 2 is 1.85 bits per heavy atom. The summed E-state index contributed by atoms with van der Waals surface area (Å²) < 4.78 is 42.6. The largest absolute Gasteiger partial charge is 0.497 e. The number of rotatable bonds is 9. The second-order valence-corrected chi connectivity index (χ2v) is 10.6. The molecule has 33 heavy (non-hydrogen) atoms. The molecule has 1 aliphatic heterocycles. The minimum absolute atomic E-state index is 0.148. The number of nitrogens with zero attached hydrogens (tertiary/aromatic N) is 1. The van der Waals surface area contributed by atoms with E-state index in [0.29, 0.717) is 30.0 Å². The summed E-state index contributed by atoms with van der Waals surface area (Å²) in [6.45, 7) is 4.15.